The number of ketones is 1. The van der Waals surface area contributed by atoms with Gasteiger partial charge in [-0.3, -0.25) is 4.79 Å². The number of nitrogens with one attached hydrogen (secondary N) is 2. The molecule has 7 heteroatoms. The predicted molar refractivity (Wildman–Crippen MR) is 138 cm³/mol. The van der Waals surface area contributed by atoms with Crippen molar-refractivity contribution in [3.63, 3.8) is 0 Å². The van der Waals surface area contributed by atoms with Crippen molar-refractivity contribution in [1.82, 2.24) is 0 Å². The van der Waals surface area contributed by atoms with Crippen molar-refractivity contribution in [2.45, 2.75) is 24.8 Å². The summed E-state index contributed by atoms with van der Waals surface area (Å²) in [5.74, 6) is 2.10. The molecule has 2 unspecified atom stereocenters. The van der Waals surface area contributed by atoms with Crippen LogP contribution in [0.4, 0.5) is 11.4 Å². The standard InChI is InChI=1S/C28H27ClN2O4/c1-33-18-9-11-25(34-2)19(15-18)17-13-23-27(24(32)14-17)28(16-8-10-26(35-3)20(29)12-16)31-22-7-5-4-6-21(22)30-23/h4-12,15,17,28,30-31H,13-14H2,1-3H3. The number of Topliss-reactive ketones (excluding diaryl/α,β-unsaturated/α-hetero) is 1. The van der Waals surface area contributed by atoms with Gasteiger partial charge < -0.3 is 24.8 Å². The number of para-hydroxylation sites is 2. The second-order valence-corrected chi connectivity index (χ2v) is 9.08. The molecule has 0 amide bonds. The molecule has 0 bridgehead atoms. The van der Waals surface area contributed by atoms with Crippen LogP contribution in [0.5, 0.6) is 17.2 Å². The Bertz CT molecular complexity index is 1320. The van der Waals surface area contributed by atoms with Crippen LogP contribution in [0, 0.1) is 0 Å². The van der Waals surface area contributed by atoms with Gasteiger partial charge in [0.1, 0.15) is 17.2 Å². The molecule has 0 spiro atoms. The Labute approximate surface area is 209 Å². The molecule has 3 aromatic rings. The van der Waals surface area contributed by atoms with Gasteiger partial charge in [-0.05, 0) is 54.4 Å². The maximum absolute atomic E-state index is 13.8. The summed E-state index contributed by atoms with van der Waals surface area (Å²) in [6.07, 6.45) is 1.02. The summed E-state index contributed by atoms with van der Waals surface area (Å²) in [5.41, 5.74) is 5.32. The van der Waals surface area contributed by atoms with Gasteiger partial charge in [-0.1, -0.05) is 29.8 Å². The lowest BCUT2D eigenvalue weighted by molar-refractivity contribution is -0.116. The van der Waals surface area contributed by atoms with Gasteiger partial charge in [-0.2, -0.15) is 0 Å². The quantitative estimate of drug-likeness (QED) is 0.434. The van der Waals surface area contributed by atoms with Crippen LogP contribution in [0.2, 0.25) is 5.02 Å². The van der Waals surface area contributed by atoms with Gasteiger partial charge in [0.05, 0.1) is 43.8 Å². The fourth-order valence-electron chi connectivity index (χ4n) is 4.98. The summed E-state index contributed by atoms with van der Waals surface area (Å²) in [5, 5.41) is 7.64. The number of hydrogen-bond donors (Lipinski definition) is 2. The van der Waals surface area contributed by atoms with E-state index >= 15 is 0 Å². The van der Waals surface area contributed by atoms with Crippen molar-refractivity contribution < 1.29 is 19.0 Å². The van der Waals surface area contributed by atoms with Crippen molar-refractivity contribution in [2.75, 3.05) is 32.0 Å². The van der Waals surface area contributed by atoms with Crippen LogP contribution in [0.1, 0.15) is 35.9 Å². The Hall–Kier alpha value is -3.64. The zero-order valence-electron chi connectivity index (χ0n) is 19.9. The monoisotopic (exact) mass is 490 g/mol. The first-order chi connectivity index (χ1) is 17.0. The number of carbonyl (C=O) groups excluding carboxylic acids is 1. The first-order valence-corrected chi connectivity index (χ1v) is 11.8. The summed E-state index contributed by atoms with van der Waals surface area (Å²) in [6, 6.07) is 19.0. The highest BCUT2D eigenvalue weighted by Crippen LogP contribution is 2.46. The number of fused-ring (bicyclic) bond motifs is 1. The molecule has 0 fully saturated rings. The van der Waals surface area contributed by atoms with Crippen molar-refractivity contribution in [1.29, 1.82) is 0 Å². The lowest BCUT2D eigenvalue weighted by Gasteiger charge is -2.30. The van der Waals surface area contributed by atoms with Crippen molar-refractivity contribution in [3.8, 4) is 17.2 Å². The van der Waals surface area contributed by atoms with Gasteiger partial charge in [0, 0.05) is 29.2 Å². The SMILES string of the molecule is COc1ccc(OC)c(C2CC(=O)C3=C(C2)Nc2ccccc2NC3c2ccc(OC)c(Cl)c2)c1. The molecule has 5 rings (SSSR count). The van der Waals surface area contributed by atoms with Gasteiger partial charge in [0.2, 0.25) is 0 Å². The van der Waals surface area contributed by atoms with Gasteiger partial charge in [-0.15, -0.1) is 0 Å². The Balaban J connectivity index is 1.61. The highest BCUT2D eigenvalue weighted by molar-refractivity contribution is 6.32. The molecule has 2 aliphatic rings. The molecule has 0 radical (unpaired) electrons. The first-order valence-electron chi connectivity index (χ1n) is 11.5. The minimum absolute atomic E-state index is 0.0517. The molecular weight excluding hydrogens is 464 g/mol. The van der Waals surface area contributed by atoms with E-state index in [-0.39, 0.29) is 17.7 Å². The fraction of sp³-hybridized carbons (Fsp3) is 0.250. The molecule has 1 heterocycles. The normalized spacial score (nSPS) is 19.0. The summed E-state index contributed by atoms with van der Waals surface area (Å²) in [6.45, 7) is 0. The third kappa shape index (κ3) is 4.30. The van der Waals surface area contributed by atoms with Crippen LogP contribution in [-0.2, 0) is 4.79 Å². The van der Waals surface area contributed by atoms with E-state index in [4.69, 9.17) is 25.8 Å². The van der Waals surface area contributed by atoms with Gasteiger partial charge in [0.15, 0.2) is 5.78 Å². The molecule has 0 saturated carbocycles. The number of benzene rings is 3. The number of allylic oxidation sites excluding steroid dienone is 1. The highest BCUT2D eigenvalue weighted by Gasteiger charge is 2.37. The number of ether oxygens (including phenoxy) is 3. The van der Waals surface area contributed by atoms with Crippen LogP contribution in [0.15, 0.2) is 71.9 Å². The van der Waals surface area contributed by atoms with E-state index in [9.17, 15) is 4.79 Å². The zero-order chi connectivity index (χ0) is 24.5. The van der Waals surface area contributed by atoms with Crippen molar-refractivity contribution in [2.24, 2.45) is 0 Å². The van der Waals surface area contributed by atoms with Crippen LogP contribution < -0.4 is 24.8 Å². The van der Waals surface area contributed by atoms with Crippen LogP contribution in [-0.4, -0.2) is 27.1 Å². The molecular formula is C28H27ClN2O4. The van der Waals surface area contributed by atoms with E-state index in [1.54, 1.807) is 21.3 Å². The Morgan fingerprint density at radius 2 is 1.60 bits per heavy atom. The first kappa shape index (κ1) is 23.1. The number of methoxy groups -OCH3 is 3. The smallest absolute Gasteiger partial charge is 0.163 e. The zero-order valence-corrected chi connectivity index (χ0v) is 20.6. The molecule has 1 aliphatic heterocycles. The summed E-state index contributed by atoms with van der Waals surface area (Å²) < 4.78 is 16.4. The van der Waals surface area contributed by atoms with Crippen molar-refractivity contribution >= 4 is 28.8 Å². The predicted octanol–water partition coefficient (Wildman–Crippen LogP) is 6.35. The average molecular weight is 491 g/mol. The third-order valence-electron chi connectivity index (χ3n) is 6.69. The second kappa shape index (κ2) is 9.55. The molecule has 0 aromatic heterocycles. The van der Waals surface area contributed by atoms with Gasteiger partial charge in [-0.25, -0.2) is 0 Å². The van der Waals surface area contributed by atoms with Crippen molar-refractivity contribution in [3.05, 3.63) is 88.1 Å². The number of anilines is 2. The Morgan fingerprint density at radius 3 is 2.31 bits per heavy atom. The minimum atomic E-state index is -0.356. The molecule has 35 heavy (non-hydrogen) atoms. The Kier molecular flexibility index (Phi) is 6.31. The summed E-state index contributed by atoms with van der Waals surface area (Å²) in [4.78, 5) is 13.8. The van der Waals surface area contributed by atoms with E-state index in [2.05, 4.69) is 10.6 Å². The fourth-order valence-corrected chi connectivity index (χ4v) is 5.25. The van der Waals surface area contributed by atoms with Gasteiger partial charge in [0.25, 0.3) is 0 Å². The van der Waals surface area contributed by atoms with E-state index in [0.29, 0.717) is 23.6 Å². The molecule has 3 aromatic carbocycles. The number of carbonyl (C=O) groups is 1. The molecule has 2 atom stereocenters. The van der Waals surface area contributed by atoms with Crippen LogP contribution in [0.3, 0.4) is 0 Å². The summed E-state index contributed by atoms with van der Waals surface area (Å²) >= 11 is 6.47. The topological polar surface area (TPSA) is 68.8 Å². The third-order valence-corrected chi connectivity index (χ3v) is 6.99. The minimum Gasteiger partial charge on any atom is -0.497 e. The number of hydrogen-bond acceptors (Lipinski definition) is 6. The van der Waals surface area contributed by atoms with E-state index < -0.39 is 0 Å². The Morgan fingerprint density at radius 1 is 0.857 bits per heavy atom. The van der Waals surface area contributed by atoms with Crippen LogP contribution >= 0.6 is 11.6 Å². The van der Waals surface area contributed by atoms with E-state index in [0.717, 1.165) is 45.3 Å². The van der Waals surface area contributed by atoms with Crippen LogP contribution in [0.25, 0.3) is 0 Å². The molecule has 6 nitrogen and oxygen atoms in total. The maximum Gasteiger partial charge on any atom is 0.163 e. The number of rotatable bonds is 5. The maximum atomic E-state index is 13.8. The molecule has 0 saturated heterocycles. The lowest BCUT2D eigenvalue weighted by Crippen LogP contribution is -2.27. The highest BCUT2D eigenvalue weighted by atomic mass is 35.5. The van der Waals surface area contributed by atoms with E-state index in [1.165, 1.54) is 0 Å². The number of halogens is 1. The average Bonchev–Trinajstić information content (AvgIpc) is 3.05. The molecule has 180 valence electrons. The summed E-state index contributed by atoms with van der Waals surface area (Å²) in [7, 11) is 4.87. The molecule has 2 N–H and O–H groups in total. The van der Waals surface area contributed by atoms with E-state index in [1.807, 2.05) is 60.7 Å². The largest absolute Gasteiger partial charge is 0.497 e. The van der Waals surface area contributed by atoms with Gasteiger partial charge >= 0.3 is 0 Å². The second-order valence-electron chi connectivity index (χ2n) is 8.67. The lowest BCUT2D eigenvalue weighted by atomic mass is 9.78. The molecule has 1 aliphatic carbocycles.